The Morgan fingerprint density at radius 2 is 2.00 bits per heavy atom. The smallest absolute Gasteiger partial charge is 0.195 e. The predicted octanol–water partition coefficient (Wildman–Crippen LogP) is 4.54. The quantitative estimate of drug-likeness (QED) is 0.454. The molecule has 10 heteroatoms. The van der Waals surface area contributed by atoms with Gasteiger partial charge >= 0.3 is 0 Å². The highest BCUT2D eigenvalue weighted by Crippen LogP contribution is 2.41. The Labute approximate surface area is 188 Å². The third-order valence-corrected chi connectivity index (χ3v) is 6.40. The number of nitrogens with zero attached hydrogens (tertiary/aromatic N) is 8. The highest BCUT2D eigenvalue weighted by molar-refractivity contribution is 7.16. The van der Waals surface area contributed by atoms with Gasteiger partial charge in [0.1, 0.15) is 28.8 Å². The second kappa shape index (κ2) is 7.76. The van der Waals surface area contributed by atoms with Crippen LogP contribution in [0.5, 0.6) is 0 Å². The van der Waals surface area contributed by atoms with Crippen LogP contribution >= 0.6 is 11.3 Å². The van der Waals surface area contributed by atoms with Crippen LogP contribution < -0.4 is 4.90 Å². The average molecular weight is 447 g/mol. The molecule has 1 unspecified atom stereocenters. The summed E-state index contributed by atoms with van der Waals surface area (Å²) in [6.07, 6.45) is 4.28. The molecule has 8 nitrogen and oxygen atoms in total. The Balaban J connectivity index is 1.70. The molecule has 0 bridgehead atoms. The third-order valence-electron chi connectivity index (χ3n) is 5.45. The Bertz CT molecular complexity index is 1330. The van der Waals surface area contributed by atoms with Gasteiger partial charge < -0.3 is 4.90 Å². The summed E-state index contributed by atoms with van der Waals surface area (Å²) in [5, 5.41) is 18.2. The summed E-state index contributed by atoms with van der Waals surface area (Å²) in [6, 6.07) is 8.33. The third kappa shape index (κ3) is 3.13. The first-order valence-corrected chi connectivity index (χ1v) is 11.1. The van der Waals surface area contributed by atoms with E-state index in [1.807, 2.05) is 4.57 Å². The molecule has 0 saturated carbocycles. The zero-order valence-corrected chi connectivity index (χ0v) is 18.5. The van der Waals surface area contributed by atoms with Crippen molar-refractivity contribution >= 4 is 17.2 Å². The Kier molecular flexibility index (Phi) is 4.90. The number of fused-ring (bicyclic) bond motifs is 3. The van der Waals surface area contributed by atoms with E-state index in [9.17, 15) is 9.65 Å². The summed E-state index contributed by atoms with van der Waals surface area (Å²) in [6.45, 7) is 6.34. The van der Waals surface area contributed by atoms with Crippen molar-refractivity contribution in [1.82, 2.24) is 29.7 Å². The maximum Gasteiger partial charge on any atom is 0.195 e. The summed E-state index contributed by atoms with van der Waals surface area (Å²) in [5.41, 5.74) is 2.07. The molecule has 1 aromatic carbocycles. The van der Waals surface area contributed by atoms with Crippen LogP contribution in [0.3, 0.4) is 0 Å². The largest absolute Gasteiger partial charge is 0.342 e. The van der Waals surface area contributed by atoms with Crippen LogP contribution in [-0.2, 0) is 0 Å². The van der Waals surface area contributed by atoms with E-state index in [1.54, 1.807) is 24.7 Å². The Morgan fingerprint density at radius 3 is 2.69 bits per heavy atom. The molecule has 3 aromatic heterocycles. The van der Waals surface area contributed by atoms with Crippen molar-refractivity contribution < 1.29 is 4.39 Å². The predicted molar refractivity (Wildman–Crippen MR) is 119 cm³/mol. The first-order chi connectivity index (χ1) is 15.5. The number of thiazole rings is 1. The first kappa shape index (κ1) is 20.2. The Morgan fingerprint density at radius 1 is 1.22 bits per heavy atom. The van der Waals surface area contributed by atoms with Crippen molar-refractivity contribution in [2.24, 2.45) is 0 Å². The van der Waals surface area contributed by atoms with E-state index in [0.29, 0.717) is 27.0 Å². The monoisotopic (exact) mass is 446 g/mol. The minimum absolute atomic E-state index is 0.0282. The summed E-state index contributed by atoms with van der Waals surface area (Å²) >= 11 is 1.22. The SMILES string of the molecule is CCC1c2nncn2-c2cnc(-c3sc(C#N)nc3-c3ccc(F)cc3)nc2N1C(C)C. The molecule has 0 aliphatic carbocycles. The number of hydrogen-bond donors (Lipinski definition) is 0. The van der Waals surface area contributed by atoms with Crippen LogP contribution in [0.1, 0.15) is 44.1 Å². The average Bonchev–Trinajstić information content (AvgIpc) is 3.45. The first-order valence-electron chi connectivity index (χ1n) is 10.2. The van der Waals surface area contributed by atoms with Crippen molar-refractivity contribution in [2.75, 3.05) is 4.90 Å². The molecule has 4 heterocycles. The minimum Gasteiger partial charge on any atom is -0.342 e. The molecule has 4 aromatic rings. The fraction of sp³-hybridized carbons (Fsp3) is 0.273. The van der Waals surface area contributed by atoms with Crippen molar-refractivity contribution in [1.29, 1.82) is 5.26 Å². The molecule has 0 saturated heterocycles. The molecule has 160 valence electrons. The maximum absolute atomic E-state index is 13.5. The van der Waals surface area contributed by atoms with Crippen LogP contribution in [-0.4, -0.2) is 35.8 Å². The van der Waals surface area contributed by atoms with Crippen molar-refractivity contribution in [3.05, 3.63) is 53.4 Å². The highest BCUT2D eigenvalue weighted by atomic mass is 32.1. The van der Waals surface area contributed by atoms with Gasteiger partial charge in [0.15, 0.2) is 22.5 Å². The molecule has 1 atom stereocenters. The summed E-state index contributed by atoms with van der Waals surface area (Å²) < 4.78 is 15.4. The Hall–Kier alpha value is -3.71. The van der Waals surface area contributed by atoms with E-state index < -0.39 is 0 Å². The minimum atomic E-state index is -0.334. The standard InChI is InChI=1S/C22H19FN8S/c1-4-15-22-29-26-11-30(22)16-10-25-20(28-21(16)31(15)12(2)3)19-18(27-17(9-24)32-19)13-5-7-14(23)8-6-13/h5-8,10-12,15H,4H2,1-3H3. The van der Waals surface area contributed by atoms with E-state index in [-0.39, 0.29) is 17.9 Å². The van der Waals surface area contributed by atoms with Gasteiger partial charge in [0.2, 0.25) is 0 Å². The van der Waals surface area contributed by atoms with Crippen LogP contribution in [0.2, 0.25) is 0 Å². The van der Waals surface area contributed by atoms with Gasteiger partial charge in [0.05, 0.1) is 17.9 Å². The second-order valence-corrected chi connectivity index (χ2v) is 8.70. The summed E-state index contributed by atoms with van der Waals surface area (Å²) in [7, 11) is 0. The van der Waals surface area contributed by atoms with Gasteiger partial charge in [-0.2, -0.15) is 5.26 Å². The van der Waals surface area contributed by atoms with Gasteiger partial charge in [-0.15, -0.1) is 10.2 Å². The molecule has 0 fully saturated rings. The van der Waals surface area contributed by atoms with Gasteiger partial charge in [0, 0.05) is 11.6 Å². The molecular formula is C22H19FN8S. The molecule has 5 rings (SSSR count). The molecule has 0 radical (unpaired) electrons. The maximum atomic E-state index is 13.5. The van der Waals surface area contributed by atoms with E-state index in [2.05, 4.69) is 51.9 Å². The fourth-order valence-corrected chi connectivity index (χ4v) is 4.90. The lowest BCUT2D eigenvalue weighted by Crippen LogP contribution is -2.40. The summed E-state index contributed by atoms with van der Waals surface area (Å²) in [5.74, 6) is 1.78. The number of anilines is 1. The van der Waals surface area contributed by atoms with Gasteiger partial charge in [0.25, 0.3) is 0 Å². The number of nitriles is 1. The van der Waals surface area contributed by atoms with Gasteiger partial charge in [-0.1, -0.05) is 18.3 Å². The number of aromatic nitrogens is 6. The van der Waals surface area contributed by atoms with E-state index in [1.165, 1.54) is 23.5 Å². The van der Waals surface area contributed by atoms with Crippen LogP contribution in [0.15, 0.2) is 36.8 Å². The van der Waals surface area contributed by atoms with Gasteiger partial charge in [-0.05, 0) is 44.5 Å². The molecule has 1 aliphatic rings. The molecule has 32 heavy (non-hydrogen) atoms. The second-order valence-electron chi connectivity index (χ2n) is 7.70. The van der Waals surface area contributed by atoms with Gasteiger partial charge in [-0.25, -0.2) is 19.3 Å². The number of hydrogen-bond acceptors (Lipinski definition) is 8. The molecular weight excluding hydrogens is 427 g/mol. The summed E-state index contributed by atoms with van der Waals surface area (Å²) in [4.78, 5) is 16.9. The molecule has 0 N–H and O–H groups in total. The van der Waals surface area contributed by atoms with E-state index >= 15 is 0 Å². The van der Waals surface area contributed by atoms with E-state index in [0.717, 1.165) is 23.8 Å². The number of benzene rings is 1. The lowest BCUT2D eigenvalue weighted by atomic mass is 10.1. The topological polar surface area (TPSA) is 96.4 Å². The zero-order chi connectivity index (χ0) is 22.4. The molecule has 0 amide bonds. The zero-order valence-electron chi connectivity index (χ0n) is 17.7. The van der Waals surface area contributed by atoms with Crippen molar-refractivity contribution in [2.45, 2.75) is 39.3 Å². The lowest BCUT2D eigenvalue weighted by Gasteiger charge is -2.39. The fourth-order valence-electron chi connectivity index (χ4n) is 4.07. The van der Waals surface area contributed by atoms with E-state index in [4.69, 9.17) is 4.98 Å². The van der Waals surface area contributed by atoms with Gasteiger partial charge in [-0.3, -0.25) is 4.57 Å². The van der Waals surface area contributed by atoms with Crippen molar-refractivity contribution in [3.63, 3.8) is 0 Å². The molecule has 1 aliphatic heterocycles. The number of halogens is 1. The van der Waals surface area contributed by atoms with Crippen LogP contribution in [0, 0.1) is 17.1 Å². The normalized spacial score (nSPS) is 14.9. The van der Waals surface area contributed by atoms with Crippen molar-refractivity contribution in [3.8, 4) is 33.7 Å². The lowest BCUT2D eigenvalue weighted by molar-refractivity contribution is 0.497. The van der Waals surface area contributed by atoms with Crippen LogP contribution in [0.4, 0.5) is 10.2 Å². The number of rotatable bonds is 4. The molecule has 0 spiro atoms. The van der Waals surface area contributed by atoms with Crippen LogP contribution in [0.25, 0.3) is 27.6 Å². The highest BCUT2D eigenvalue weighted by Gasteiger charge is 2.35.